The fourth-order valence-corrected chi connectivity index (χ4v) is 3.13. The van der Waals surface area contributed by atoms with Crippen molar-refractivity contribution in [3.8, 4) is 21.8 Å². The summed E-state index contributed by atoms with van der Waals surface area (Å²) in [6.07, 6.45) is 1.75. The lowest BCUT2D eigenvalue weighted by atomic mass is 10.1. The topological polar surface area (TPSA) is 64.7 Å². The molecular formula is C14H11BrN4S. The summed E-state index contributed by atoms with van der Waals surface area (Å²) in [7, 11) is 0. The molecule has 4 nitrogen and oxygen atoms in total. The van der Waals surface area contributed by atoms with Crippen LogP contribution in [0.25, 0.3) is 21.8 Å². The Balaban J connectivity index is 2.18. The quantitative estimate of drug-likeness (QED) is 0.714. The van der Waals surface area contributed by atoms with Crippen molar-refractivity contribution in [3.05, 3.63) is 46.8 Å². The Morgan fingerprint density at radius 2 is 2.05 bits per heavy atom. The van der Waals surface area contributed by atoms with E-state index < -0.39 is 0 Å². The Hall–Kier alpha value is -1.79. The number of aromatic nitrogens is 3. The van der Waals surface area contributed by atoms with Gasteiger partial charge in [-0.2, -0.15) is 0 Å². The summed E-state index contributed by atoms with van der Waals surface area (Å²) in [4.78, 5) is 14.1. The number of halogens is 1. The van der Waals surface area contributed by atoms with Crippen molar-refractivity contribution in [3.63, 3.8) is 0 Å². The van der Waals surface area contributed by atoms with Crippen molar-refractivity contribution in [2.45, 2.75) is 6.92 Å². The molecule has 0 radical (unpaired) electrons. The van der Waals surface area contributed by atoms with Crippen LogP contribution in [0.4, 0.5) is 5.13 Å². The molecule has 3 heterocycles. The monoisotopic (exact) mass is 346 g/mol. The van der Waals surface area contributed by atoms with Crippen molar-refractivity contribution in [2.24, 2.45) is 0 Å². The van der Waals surface area contributed by atoms with E-state index in [0.29, 0.717) is 5.13 Å². The predicted octanol–water partition coefficient (Wildman–Crippen LogP) is 3.92. The minimum absolute atomic E-state index is 0.534. The number of hydrogen-bond donors (Lipinski definition) is 1. The summed E-state index contributed by atoms with van der Waals surface area (Å²) in [6, 6.07) is 9.77. The number of nitrogen functional groups attached to an aromatic ring is 1. The van der Waals surface area contributed by atoms with Crippen LogP contribution in [-0.4, -0.2) is 15.0 Å². The summed E-state index contributed by atoms with van der Waals surface area (Å²) >= 11 is 4.84. The second kappa shape index (κ2) is 5.30. The molecule has 3 rings (SSSR count). The molecule has 3 aromatic heterocycles. The molecule has 100 valence electrons. The molecule has 6 heteroatoms. The van der Waals surface area contributed by atoms with Gasteiger partial charge < -0.3 is 5.73 Å². The van der Waals surface area contributed by atoms with Crippen molar-refractivity contribution in [2.75, 3.05) is 5.73 Å². The summed E-state index contributed by atoms with van der Waals surface area (Å²) in [5.41, 5.74) is 9.51. The van der Waals surface area contributed by atoms with Gasteiger partial charge in [-0.1, -0.05) is 17.4 Å². The average molecular weight is 347 g/mol. The Kier molecular flexibility index (Phi) is 3.50. The zero-order valence-corrected chi connectivity index (χ0v) is 13.1. The average Bonchev–Trinajstić information content (AvgIpc) is 2.81. The van der Waals surface area contributed by atoms with E-state index in [1.54, 1.807) is 6.20 Å². The van der Waals surface area contributed by atoms with Crippen LogP contribution in [0.5, 0.6) is 0 Å². The molecule has 0 amide bonds. The van der Waals surface area contributed by atoms with E-state index in [1.165, 1.54) is 11.3 Å². The van der Waals surface area contributed by atoms with Gasteiger partial charge in [0.05, 0.1) is 10.6 Å². The van der Waals surface area contributed by atoms with Gasteiger partial charge in [0.15, 0.2) is 5.13 Å². The smallest absolute Gasteiger partial charge is 0.181 e. The van der Waals surface area contributed by atoms with Gasteiger partial charge in [0, 0.05) is 11.9 Å². The van der Waals surface area contributed by atoms with Crippen LogP contribution >= 0.6 is 27.3 Å². The van der Waals surface area contributed by atoms with Crippen LogP contribution in [0.1, 0.15) is 5.69 Å². The highest BCUT2D eigenvalue weighted by Gasteiger charge is 2.15. The summed E-state index contributed by atoms with van der Waals surface area (Å²) < 4.78 is 0.783. The van der Waals surface area contributed by atoms with E-state index in [9.17, 15) is 0 Å². The molecule has 3 aromatic rings. The maximum Gasteiger partial charge on any atom is 0.181 e. The highest BCUT2D eigenvalue weighted by atomic mass is 79.9. The van der Waals surface area contributed by atoms with Crippen molar-refractivity contribution < 1.29 is 0 Å². The SMILES string of the molecule is Cc1cccc(-c2nc(N)sc2-c2ccnc(Br)c2)n1. The third-order valence-corrected chi connectivity index (χ3v) is 4.13. The third-order valence-electron chi connectivity index (χ3n) is 2.76. The molecule has 20 heavy (non-hydrogen) atoms. The Morgan fingerprint density at radius 1 is 1.20 bits per heavy atom. The molecule has 0 fully saturated rings. The van der Waals surface area contributed by atoms with Crippen LogP contribution in [0.15, 0.2) is 41.1 Å². The first-order chi connectivity index (χ1) is 9.63. The van der Waals surface area contributed by atoms with Crippen LogP contribution in [0.2, 0.25) is 0 Å². The maximum atomic E-state index is 5.88. The van der Waals surface area contributed by atoms with E-state index in [4.69, 9.17) is 5.73 Å². The Bertz CT molecular complexity index is 706. The van der Waals surface area contributed by atoms with Gasteiger partial charge in [-0.15, -0.1) is 0 Å². The molecule has 0 bridgehead atoms. The van der Waals surface area contributed by atoms with Crippen molar-refractivity contribution in [1.82, 2.24) is 15.0 Å². The number of rotatable bonds is 2. The van der Waals surface area contributed by atoms with Crippen molar-refractivity contribution in [1.29, 1.82) is 0 Å². The highest BCUT2D eigenvalue weighted by Crippen LogP contribution is 2.37. The van der Waals surface area contributed by atoms with E-state index in [-0.39, 0.29) is 0 Å². The number of aryl methyl sites for hydroxylation is 1. The summed E-state index contributed by atoms with van der Waals surface area (Å²) in [6.45, 7) is 1.96. The number of nitrogens with zero attached hydrogens (tertiary/aromatic N) is 3. The van der Waals surface area contributed by atoms with E-state index in [2.05, 4.69) is 30.9 Å². The number of thiazole rings is 1. The lowest BCUT2D eigenvalue weighted by molar-refractivity contribution is 1.19. The largest absolute Gasteiger partial charge is 0.375 e. The van der Waals surface area contributed by atoms with Gasteiger partial charge in [-0.25, -0.2) is 9.97 Å². The fourth-order valence-electron chi connectivity index (χ4n) is 1.92. The van der Waals surface area contributed by atoms with E-state index in [1.807, 2.05) is 37.3 Å². The van der Waals surface area contributed by atoms with Gasteiger partial charge in [0.25, 0.3) is 0 Å². The minimum atomic E-state index is 0.534. The molecule has 0 saturated carbocycles. The minimum Gasteiger partial charge on any atom is -0.375 e. The first-order valence-electron chi connectivity index (χ1n) is 5.96. The van der Waals surface area contributed by atoms with Crippen LogP contribution in [-0.2, 0) is 0 Å². The first kappa shape index (κ1) is 13.2. The van der Waals surface area contributed by atoms with Gasteiger partial charge >= 0.3 is 0 Å². The van der Waals surface area contributed by atoms with Gasteiger partial charge in [0.2, 0.25) is 0 Å². The molecule has 0 aliphatic heterocycles. The molecule has 0 aromatic carbocycles. The Labute approximate surface area is 128 Å². The fraction of sp³-hybridized carbons (Fsp3) is 0.0714. The van der Waals surface area contributed by atoms with Gasteiger partial charge in [0.1, 0.15) is 10.3 Å². The van der Waals surface area contributed by atoms with E-state index >= 15 is 0 Å². The lowest BCUT2D eigenvalue weighted by Gasteiger charge is -2.03. The maximum absolute atomic E-state index is 5.88. The molecule has 0 aliphatic carbocycles. The summed E-state index contributed by atoms with van der Waals surface area (Å²) in [5, 5.41) is 0.534. The standard InChI is InChI=1S/C14H11BrN4S/c1-8-3-2-4-10(18-8)12-13(20-14(16)19-12)9-5-6-17-11(15)7-9/h2-7H,1H3,(H2,16,19). The summed E-state index contributed by atoms with van der Waals surface area (Å²) in [5.74, 6) is 0. The molecule has 0 unspecified atom stereocenters. The number of anilines is 1. The molecule has 0 atom stereocenters. The molecule has 2 N–H and O–H groups in total. The third kappa shape index (κ3) is 2.57. The van der Waals surface area contributed by atoms with E-state index in [0.717, 1.165) is 32.1 Å². The first-order valence-corrected chi connectivity index (χ1v) is 7.57. The molecular weight excluding hydrogens is 336 g/mol. The second-order valence-corrected chi connectivity index (χ2v) is 6.10. The van der Waals surface area contributed by atoms with Crippen molar-refractivity contribution >= 4 is 32.4 Å². The second-order valence-electron chi connectivity index (χ2n) is 4.26. The van der Waals surface area contributed by atoms with Gasteiger partial charge in [-0.3, -0.25) is 4.98 Å². The van der Waals surface area contributed by atoms with Gasteiger partial charge in [-0.05, 0) is 52.7 Å². The van der Waals surface area contributed by atoms with Crippen LogP contribution < -0.4 is 5.73 Å². The normalized spacial score (nSPS) is 10.7. The lowest BCUT2D eigenvalue weighted by Crippen LogP contribution is -1.89. The van der Waals surface area contributed by atoms with Crippen LogP contribution in [0.3, 0.4) is 0 Å². The number of nitrogens with two attached hydrogens (primary N) is 1. The van der Waals surface area contributed by atoms with Crippen LogP contribution in [0, 0.1) is 6.92 Å². The molecule has 0 spiro atoms. The predicted molar refractivity (Wildman–Crippen MR) is 85.4 cm³/mol. The zero-order chi connectivity index (χ0) is 14.1. The Morgan fingerprint density at radius 3 is 2.80 bits per heavy atom. The number of pyridine rings is 2. The number of hydrogen-bond acceptors (Lipinski definition) is 5. The molecule has 0 aliphatic rings. The zero-order valence-electron chi connectivity index (χ0n) is 10.7. The highest BCUT2D eigenvalue weighted by molar-refractivity contribution is 9.10. The molecule has 0 saturated heterocycles.